The number of carboxylic acid groups (broad SMARTS) is 1. The van der Waals surface area contributed by atoms with Crippen molar-refractivity contribution in [3.63, 3.8) is 0 Å². The zero-order chi connectivity index (χ0) is 40.4. The van der Waals surface area contributed by atoms with Crippen molar-refractivity contribution < 1.29 is 34.1 Å². The standard InChI is InChI=1S/C41H60N6O7S/c1-25(2)36(47(40(51)52)23-29-24-55-39(43-29)26(3)4)38(50)44-30(19-27-13-11-10-12-14-27)32(48)21-31-35(37(49)45-41(5,6)7)42-17-18-46(31)22-28-15-16-33(53-8)34(20-28)54-9/h10-16,20,24-26,30-32,35-36,42,48H,17-19,21-23H2,1-9H3,(H,44,50)(H,45,49)(H,51,52)/t30-,31?,32-,35-,36-/m0/s1. The van der Waals surface area contributed by atoms with Crippen molar-refractivity contribution in [3.05, 3.63) is 75.7 Å². The monoisotopic (exact) mass is 780 g/mol. The van der Waals surface area contributed by atoms with Crippen LogP contribution in [0.3, 0.4) is 0 Å². The van der Waals surface area contributed by atoms with Crippen LogP contribution in [0.4, 0.5) is 4.79 Å². The summed E-state index contributed by atoms with van der Waals surface area (Å²) in [5.41, 5.74) is 1.91. The molecule has 1 aromatic heterocycles. The molecule has 55 heavy (non-hydrogen) atoms. The largest absolute Gasteiger partial charge is 0.493 e. The van der Waals surface area contributed by atoms with E-state index in [9.17, 15) is 24.6 Å². The lowest BCUT2D eigenvalue weighted by Crippen LogP contribution is -2.65. The van der Waals surface area contributed by atoms with Gasteiger partial charge in [-0.25, -0.2) is 9.78 Å². The summed E-state index contributed by atoms with van der Waals surface area (Å²) in [4.78, 5) is 48.9. The number of benzene rings is 2. The lowest BCUT2D eigenvalue weighted by molar-refractivity contribution is -0.130. The van der Waals surface area contributed by atoms with Crippen molar-refractivity contribution in [2.75, 3.05) is 27.3 Å². The molecule has 13 nitrogen and oxygen atoms in total. The molecule has 0 radical (unpaired) electrons. The zero-order valence-electron chi connectivity index (χ0n) is 33.7. The fourth-order valence-corrected chi connectivity index (χ4v) is 7.87. The summed E-state index contributed by atoms with van der Waals surface area (Å²) in [5, 5.41) is 34.9. The Morgan fingerprint density at radius 2 is 1.73 bits per heavy atom. The van der Waals surface area contributed by atoms with Gasteiger partial charge in [0.15, 0.2) is 11.5 Å². The molecule has 0 saturated carbocycles. The van der Waals surface area contributed by atoms with E-state index in [1.807, 2.05) is 102 Å². The minimum Gasteiger partial charge on any atom is -0.493 e. The predicted molar refractivity (Wildman–Crippen MR) is 215 cm³/mol. The number of amides is 3. The maximum atomic E-state index is 14.3. The first-order chi connectivity index (χ1) is 26.0. The molecule has 2 heterocycles. The Balaban J connectivity index is 1.67. The highest BCUT2D eigenvalue weighted by atomic mass is 32.1. The Hall–Kier alpha value is -4.24. The number of piperazine rings is 1. The predicted octanol–water partition coefficient (Wildman–Crippen LogP) is 5.02. The van der Waals surface area contributed by atoms with Crippen LogP contribution in [-0.4, -0.2) is 106 Å². The van der Waals surface area contributed by atoms with Gasteiger partial charge in [0.1, 0.15) is 12.1 Å². The Bertz CT molecular complexity index is 1710. The molecule has 5 atom stereocenters. The number of carbonyl (C=O) groups excluding carboxylic acids is 2. The summed E-state index contributed by atoms with van der Waals surface area (Å²) in [6, 6.07) is 12.2. The SMILES string of the molecule is COc1ccc(CN2CCN[C@H](C(=O)NC(C)(C)C)C2C[C@H](O)[C@H](Cc2ccccc2)NC(=O)[C@H](C(C)C)N(Cc2csc(C(C)C)n2)C(=O)O)cc1OC. The topological polar surface area (TPSA) is 166 Å². The number of hydrogen-bond acceptors (Lipinski definition) is 10. The number of carbonyl (C=O) groups is 3. The number of aromatic nitrogens is 1. The lowest BCUT2D eigenvalue weighted by Gasteiger charge is -2.44. The van der Waals surface area contributed by atoms with Crippen molar-refractivity contribution in [2.24, 2.45) is 5.92 Å². The molecule has 1 aliphatic rings. The van der Waals surface area contributed by atoms with Gasteiger partial charge in [-0.3, -0.25) is 19.4 Å². The molecule has 1 fully saturated rings. The molecule has 14 heteroatoms. The number of ether oxygens (including phenoxy) is 2. The molecule has 302 valence electrons. The van der Waals surface area contributed by atoms with Crippen LogP contribution in [0.25, 0.3) is 0 Å². The van der Waals surface area contributed by atoms with E-state index in [4.69, 9.17) is 9.47 Å². The maximum Gasteiger partial charge on any atom is 0.408 e. The zero-order valence-corrected chi connectivity index (χ0v) is 34.5. The van der Waals surface area contributed by atoms with Crippen molar-refractivity contribution in [2.45, 2.75) is 116 Å². The third-order valence-electron chi connectivity index (χ3n) is 9.68. The van der Waals surface area contributed by atoms with Crippen LogP contribution >= 0.6 is 11.3 Å². The van der Waals surface area contributed by atoms with Gasteiger partial charge in [-0.05, 0) is 62.8 Å². The fraction of sp³-hybridized carbons (Fsp3) is 0.561. The van der Waals surface area contributed by atoms with Crippen molar-refractivity contribution in [3.8, 4) is 11.5 Å². The Kier molecular flexibility index (Phi) is 15.5. The van der Waals surface area contributed by atoms with Crippen LogP contribution in [0.1, 0.15) is 82.6 Å². The summed E-state index contributed by atoms with van der Waals surface area (Å²) in [5.74, 6) is 0.291. The number of hydrogen-bond donors (Lipinski definition) is 5. The van der Waals surface area contributed by atoms with Gasteiger partial charge in [0, 0.05) is 42.5 Å². The van der Waals surface area contributed by atoms with Crippen molar-refractivity contribution >= 4 is 29.2 Å². The average Bonchev–Trinajstić information content (AvgIpc) is 3.60. The Labute approximate surface area is 329 Å². The van der Waals surface area contributed by atoms with Gasteiger partial charge in [0.25, 0.3) is 0 Å². The number of thiazole rings is 1. The molecule has 2 aromatic carbocycles. The van der Waals surface area contributed by atoms with Gasteiger partial charge in [0.2, 0.25) is 11.8 Å². The normalized spacial score (nSPS) is 18.0. The summed E-state index contributed by atoms with van der Waals surface area (Å²) in [6.07, 6.45) is -1.94. The molecule has 3 aromatic rings. The maximum absolute atomic E-state index is 14.3. The Morgan fingerprint density at radius 3 is 2.31 bits per heavy atom. The van der Waals surface area contributed by atoms with E-state index >= 15 is 0 Å². The quantitative estimate of drug-likeness (QED) is 0.126. The van der Waals surface area contributed by atoms with E-state index in [0.717, 1.165) is 21.0 Å². The lowest BCUT2D eigenvalue weighted by atomic mass is 9.89. The minimum atomic E-state index is -1.24. The first-order valence-electron chi connectivity index (χ1n) is 19.0. The smallest absolute Gasteiger partial charge is 0.408 e. The summed E-state index contributed by atoms with van der Waals surface area (Å²) < 4.78 is 11.0. The van der Waals surface area contributed by atoms with Gasteiger partial charge in [-0.2, -0.15) is 0 Å². The van der Waals surface area contributed by atoms with Crippen LogP contribution in [0.2, 0.25) is 0 Å². The van der Waals surface area contributed by atoms with Crippen LogP contribution in [-0.2, 0) is 29.1 Å². The van der Waals surface area contributed by atoms with Gasteiger partial charge < -0.3 is 35.6 Å². The van der Waals surface area contributed by atoms with Crippen LogP contribution < -0.4 is 25.4 Å². The number of nitrogens with one attached hydrogen (secondary N) is 3. The molecule has 0 aliphatic carbocycles. The highest BCUT2D eigenvalue weighted by molar-refractivity contribution is 7.09. The third kappa shape index (κ3) is 12.1. The summed E-state index contributed by atoms with van der Waals surface area (Å²) >= 11 is 1.47. The highest BCUT2D eigenvalue weighted by Crippen LogP contribution is 2.30. The van der Waals surface area contributed by atoms with Crippen LogP contribution in [0, 0.1) is 5.92 Å². The first-order valence-corrected chi connectivity index (χ1v) is 19.9. The summed E-state index contributed by atoms with van der Waals surface area (Å²) in [6.45, 7) is 15.0. The average molecular weight is 781 g/mol. The molecule has 5 N–H and O–H groups in total. The highest BCUT2D eigenvalue weighted by Gasteiger charge is 2.41. The number of rotatable bonds is 17. The van der Waals surface area contributed by atoms with E-state index in [-0.39, 0.29) is 37.1 Å². The van der Waals surface area contributed by atoms with E-state index in [0.29, 0.717) is 36.8 Å². The van der Waals surface area contributed by atoms with E-state index in [1.165, 1.54) is 11.3 Å². The fourth-order valence-electron chi connectivity index (χ4n) is 7.04. The number of nitrogens with zero attached hydrogens (tertiary/aromatic N) is 3. The molecule has 1 unspecified atom stereocenters. The molecule has 1 aliphatic heterocycles. The molecule has 1 saturated heterocycles. The second-order valence-corrected chi connectivity index (χ2v) is 16.8. The van der Waals surface area contributed by atoms with E-state index in [1.54, 1.807) is 14.2 Å². The second kappa shape index (κ2) is 19.6. The van der Waals surface area contributed by atoms with Crippen molar-refractivity contribution in [1.82, 2.24) is 30.7 Å². The van der Waals surface area contributed by atoms with Gasteiger partial charge in [0.05, 0.1) is 43.6 Å². The van der Waals surface area contributed by atoms with Gasteiger partial charge >= 0.3 is 6.09 Å². The second-order valence-electron chi connectivity index (χ2n) is 15.9. The number of methoxy groups -OCH3 is 2. The molecule has 0 bridgehead atoms. The molecular weight excluding hydrogens is 721 g/mol. The molecule has 0 spiro atoms. The van der Waals surface area contributed by atoms with E-state index < -0.39 is 47.8 Å². The Morgan fingerprint density at radius 1 is 1.04 bits per heavy atom. The third-order valence-corrected chi connectivity index (χ3v) is 10.9. The van der Waals surface area contributed by atoms with Crippen LogP contribution in [0.15, 0.2) is 53.9 Å². The first kappa shape index (κ1) is 43.5. The number of aliphatic hydroxyl groups is 1. The van der Waals surface area contributed by atoms with Crippen molar-refractivity contribution in [1.29, 1.82) is 0 Å². The summed E-state index contributed by atoms with van der Waals surface area (Å²) in [7, 11) is 3.17. The van der Waals surface area contributed by atoms with Gasteiger partial charge in [-0.15, -0.1) is 11.3 Å². The minimum absolute atomic E-state index is 0.0514. The van der Waals surface area contributed by atoms with Gasteiger partial charge in [-0.1, -0.05) is 64.1 Å². The molecule has 3 amide bonds. The molecular formula is C41H60N6O7S. The van der Waals surface area contributed by atoms with E-state index in [2.05, 4.69) is 25.8 Å². The van der Waals surface area contributed by atoms with Crippen LogP contribution in [0.5, 0.6) is 11.5 Å². The number of aliphatic hydroxyl groups excluding tert-OH is 1. The molecule has 4 rings (SSSR count).